The number of halogens is 3. The number of benzene rings is 2. The van der Waals surface area contributed by atoms with Gasteiger partial charge in [0.15, 0.2) is 5.78 Å². The number of carbonyl (C=O) groups is 1. The van der Waals surface area contributed by atoms with Crippen molar-refractivity contribution in [3.05, 3.63) is 64.1 Å². The SMILES string of the molecule is O=C(CSc1cccc(Br)c1)c1cc(F)ccc1F. The van der Waals surface area contributed by atoms with E-state index in [0.717, 1.165) is 27.6 Å². The molecule has 5 heteroatoms. The lowest BCUT2D eigenvalue weighted by Crippen LogP contribution is -2.05. The molecule has 0 atom stereocenters. The first kappa shape index (κ1) is 14.2. The Morgan fingerprint density at radius 2 is 1.95 bits per heavy atom. The van der Waals surface area contributed by atoms with Gasteiger partial charge >= 0.3 is 0 Å². The number of Topliss-reactive ketones (excluding diaryl/α,β-unsaturated/α-hetero) is 1. The van der Waals surface area contributed by atoms with Gasteiger partial charge in [0.25, 0.3) is 0 Å². The number of thioether (sulfide) groups is 1. The van der Waals surface area contributed by atoms with Crippen LogP contribution in [0.3, 0.4) is 0 Å². The van der Waals surface area contributed by atoms with Crippen LogP contribution < -0.4 is 0 Å². The molecule has 2 rings (SSSR count). The Labute approximate surface area is 122 Å². The van der Waals surface area contributed by atoms with Crippen molar-refractivity contribution in [2.75, 3.05) is 5.75 Å². The van der Waals surface area contributed by atoms with Gasteiger partial charge in [0.1, 0.15) is 11.6 Å². The Balaban J connectivity index is 2.07. The minimum atomic E-state index is -0.693. The summed E-state index contributed by atoms with van der Waals surface area (Å²) in [5.74, 6) is -1.67. The number of carbonyl (C=O) groups excluding carboxylic acids is 1. The van der Waals surface area contributed by atoms with Crippen molar-refractivity contribution in [2.45, 2.75) is 4.90 Å². The third-order valence-electron chi connectivity index (χ3n) is 2.39. The average Bonchev–Trinajstić information content (AvgIpc) is 2.39. The van der Waals surface area contributed by atoms with Gasteiger partial charge in [-0.3, -0.25) is 4.79 Å². The molecule has 0 fully saturated rings. The highest BCUT2D eigenvalue weighted by Crippen LogP contribution is 2.23. The van der Waals surface area contributed by atoms with Crippen LogP contribution in [0.1, 0.15) is 10.4 Å². The molecule has 1 nitrogen and oxygen atoms in total. The zero-order chi connectivity index (χ0) is 13.8. The first-order valence-electron chi connectivity index (χ1n) is 5.43. The van der Waals surface area contributed by atoms with Crippen molar-refractivity contribution in [2.24, 2.45) is 0 Å². The standard InChI is InChI=1S/C14H9BrF2OS/c15-9-2-1-3-11(6-9)19-8-14(18)12-7-10(16)4-5-13(12)17/h1-7H,8H2. The third-order valence-corrected chi connectivity index (χ3v) is 3.88. The van der Waals surface area contributed by atoms with Crippen LogP contribution >= 0.6 is 27.7 Å². The highest BCUT2D eigenvalue weighted by molar-refractivity contribution is 9.10. The molecule has 0 saturated carbocycles. The molecule has 2 aromatic rings. The van der Waals surface area contributed by atoms with E-state index < -0.39 is 17.4 Å². The fraction of sp³-hybridized carbons (Fsp3) is 0.0714. The van der Waals surface area contributed by atoms with Crippen molar-refractivity contribution < 1.29 is 13.6 Å². The highest BCUT2D eigenvalue weighted by Gasteiger charge is 2.13. The quantitative estimate of drug-likeness (QED) is 0.591. The maximum Gasteiger partial charge on any atom is 0.176 e. The summed E-state index contributed by atoms with van der Waals surface area (Å²) >= 11 is 4.61. The van der Waals surface area contributed by atoms with Gasteiger partial charge in [-0.2, -0.15) is 0 Å². The van der Waals surface area contributed by atoms with Crippen molar-refractivity contribution in [3.63, 3.8) is 0 Å². The molecule has 0 N–H and O–H groups in total. The second kappa shape index (κ2) is 6.30. The minimum Gasteiger partial charge on any atom is -0.293 e. The van der Waals surface area contributed by atoms with Crippen LogP contribution in [0.4, 0.5) is 8.78 Å². The predicted molar refractivity (Wildman–Crippen MR) is 75.6 cm³/mol. The van der Waals surface area contributed by atoms with Crippen LogP contribution in [0, 0.1) is 11.6 Å². The number of rotatable bonds is 4. The van der Waals surface area contributed by atoms with Crippen LogP contribution in [0.15, 0.2) is 51.8 Å². The van der Waals surface area contributed by atoms with Gasteiger partial charge in [-0.15, -0.1) is 11.8 Å². The van der Waals surface area contributed by atoms with Gasteiger partial charge in [-0.25, -0.2) is 8.78 Å². The van der Waals surface area contributed by atoms with Crippen LogP contribution in [0.25, 0.3) is 0 Å². The second-order valence-electron chi connectivity index (χ2n) is 3.79. The highest BCUT2D eigenvalue weighted by atomic mass is 79.9. The average molecular weight is 343 g/mol. The summed E-state index contributed by atoms with van der Waals surface area (Å²) in [5, 5.41) is 0. The molecule has 98 valence electrons. The van der Waals surface area contributed by atoms with Crippen LogP contribution in [-0.2, 0) is 0 Å². The van der Waals surface area contributed by atoms with Crippen LogP contribution in [0.2, 0.25) is 0 Å². The van der Waals surface area contributed by atoms with Crippen molar-refractivity contribution >= 4 is 33.5 Å². The third kappa shape index (κ3) is 3.88. The molecule has 0 aliphatic heterocycles. The molecule has 0 aliphatic rings. The van der Waals surface area contributed by atoms with Crippen molar-refractivity contribution in [3.8, 4) is 0 Å². The van der Waals surface area contributed by atoms with E-state index >= 15 is 0 Å². The van der Waals surface area contributed by atoms with Gasteiger partial charge in [-0.1, -0.05) is 22.0 Å². The van der Waals surface area contributed by atoms with Crippen molar-refractivity contribution in [1.82, 2.24) is 0 Å². The van der Waals surface area contributed by atoms with E-state index in [9.17, 15) is 13.6 Å². The molecule has 0 aromatic heterocycles. The Morgan fingerprint density at radius 1 is 1.16 bits per heavy atom. The topological polar surface area (TPSA) is 17.1 Å². The summed E-state index contributed by atoms with van der Waals surface area (Å²) in [6, 6.07) is 10.3. The van der Waals surface area contributed by atoms with Crippen molar-refractivity contribution in [1.29, 1.82) is 0 Å². The summed E-state index contributed by atoms with van der Waals surface area (Å²) in [4.78, 5) is 12.7. The summed E-state index contributed by atoms with van der Waals surface area (Å²) in [6.07, 6.45) is 0. The molecule has 0 heterocycles. The summed E-state index contributed by atoms with van der Waals surface area (Å²) in [6.45, 7) is 0. The smallest absolute Gasteiger partial charge is 0.176 e. The second-order valence-corrected chi connectivity index (χ2v) is 5.76. The maximum absolute atomic E-state index is 13.4. The minimum absolute atomic E-state index is 0.0663. The van der Waals surface area contributed by atoms with Gasteiger partial charge in [-0.05, 0) is 36.4 Å². The normalized spacial score (nSPS) is 10.5. The van der Waals surface area contributed by atoms with Gasteiger partial charge in [0.05, 0.1) is 11.3 Å². The number of ketones is 1. The fourth-order valence-corrected chi connectivity index (χ4v) is 2.88. The molecule has 0 amide bonds. The summed E-state index contributed by atoms with van der Waals surface area (Å²) in [7, 11) is 0. The Morgan fingerprint density at radius 3 is 2.68 bits per heavy atom. The molecule has 0 saturated heterocycles. The zero-order valence-corrected chi connectivity index (χ0v) is 12.1. The molecule has 19 heavy (non-hydrogen) atoms. The molecule has 0 bridgehead atoms. The Kier molecular flexibility index (Phi) is 4.71. The lowest BCUT2D eigenvalue weighted by Gasteiger charge is -2.03. The molecule has 0 spiro atoms. The van der Waals surface area contributed by atoms with Gasteiger partial charge < -0.3 is 0 Å². The maximum atomic E-state index is 13.4. The molecule has 0 unspecified atom stereocenters. The van der Waals surface area contributed by atoms with E-state index in [-0.39, 0.29) is 11.3 Å². The number of hydrogen-bond acceptors (Lipinski definition) is 2. The van der Waals surface area contributed by atoms with Gasteiger partial charge in [0.2, 0.25) is 0 Å². The van der Waals surface area contributed by atoms with E-state index in [1.165, 1.54) is 11.8 Å². The van der Waals surface area contributed by atoms with Crippen LogP contribution in [-0.4, -0.2) is 11.5 Å². The lowest BCUT2D eigenvalue weighted by atomic mass is 10.1. The first-order valence-corrected chi connectivity index (χ1v) is 7.21. The number of hydrogen-bond donors (Lipinski definition) is 0. The fourth-order valence-electron chi connectivity index (χ4n) is 1.49. The summed E-state index contributed by atoms with van der Waals surface area (Å²) < 4.78 is 27.3. The monoisotopic (exact) mass is 342 g/mol. The Hall–Kier alpha value is -1.20. The zero-order valence-electron chi connectivity index (χ0n) is 9.70. The van der Waals surface area contributed by atoms with E-state index in [0.29, 0.717) is 0 Å². The first-order chi connectivity index (χ1) is 9.06. The Bertz CT molecular complexity index is 616. The van der Waals surface area contributed by atoms with E-state index in [4.69, 9.17) is 0 Å². The largest absolute Gasteiger partial charge is 0.293 e. The molecule has 0 aliphatic carbocycles. The van der Waals surface area contributed by atoms with E-state index in [2.05, 4.69) is 15.9 Å². The lowest BCUT2D eigenvalue weighted by molar-refractivity contribution is 0.101. The molecular formula is C14H9BrF2OS. The molecule has 0 radical (unpaired) electrons. The summed E-state index contributed by atoms with van der Waals surface area (Å²) in [5.41, 5.74) is -0.206. The van der Waals surface area contributed by atoms with Crippen LogP contribution in [0.5, 0.6) is 0 Å². The van der Waals surface area contributed by atoms with Gasteiger partial charge in [0, 0.05) is 9.37 Å². The van der Waals surface area contributed by atoms with E-state index in [1.54, 1.807) is 0 Å². The molecule has 2 aromatic carbocycles. The molecular weight excluding hydrogens is 334 g/mol. The predicted octanol–water partition coefficient (Wildman–Crippen LogP) is 4.70. The van der Waals surface area contributed by atoms with E-state index in [1.807, 2.05) is 24.3 Å².